The molecule has 0 heterocycles. The topological polar surface area (TPSA) is 0 Å². The van der Waals surface area contributed by atoms with Gasteiger partial charge >= 0.3 is 0 Å². The molecule has 0 bridgehead atoms. The second-order valence-electron chi connectivity index (χ2n) is 3.38. The summed E-state index contributed by atoms with van der Waals surface area (Å²) in [5.74, 6) is 0. The van der Waals surface area contributed by atoms with Crippen LogP contribution in [0.3, 0.4) is 0 Å². The molecule has 0 atom stereocenters. The molecule has 0 aliphatic rings. The number of halogens is 1. The van der Waals surface area contributed by atoms with Gasteiger partial charge in [-0.3, -0.25) is 0 Å². The Morgan fingerprint density at radius 1 is 1.00 bits per heavy atom. The van der Waals surface area contributed by atoms with Crippen LogP contribution in [0.4, 0.5) is 0 Å². The van der Waals surface area contributed by atoms with Gasteiger partial charge in [0.05, 0.1) is 0 Å². The van der Waals surface area contributed by atoms with Crippen molar-refractivity contribution in [2.24, 2.45) is 0 Å². The Hall–Kier alpha value is -0.273. The zero-order valence-corrected chi connectivity index (χ0v) is 10.9. The summed E-state index contributed by atoms with van der Waals surface area (Å²) < 4.78 is 0. The quantitative estimate of drug-likeness (QED) is 0.545. The molecular formula is C12H17ClSi. The van der Waals surface area contributed by atoms with Crippen molar-refractivity contribution >= 4 is 25.1 Å². The molecule has 0 aromatic heterocycles. The molecule has 0 aliphatic heterocycles. The molecular weight excluding hydrogens is 208 g/mol. The van der Waals surface area contributed by atoms with Crippen molar-refractivity contribution in [3.8, 4) is 0 Å². The van der Waals surface area contributed by atoms with E-state index >= 15 is 0 Å². The maximum atomic E-state index is 5.96. The molecule has 0 saturated carbocycles. The van der Waals surface area contributed by atoms with E-state index in [1.165, 1.54) is 21.9 Å². The first-order valence-corrected chi connectivity index (χ1v) is 7.29. The summed E-state index contributed by atoms with van der Waals surface area (Å²) in [6.45, 7) is 6.67. The van der Waals surface area contributed by atoms with E-state index in [9.17, 15) is 0 Å². The lowest BCUT2D eigenvalue weighted by molar-refractivity contribution is 0.988. The Bertz CT molecular complexity index is 276. The third kappa shape index (κ3) is 2.21. The van der Waals surface area contributed by atoms with Gasteiger partial charge in [-0.1, -0.05) is 32.9 Å². The van der Waals surface area contributed by atoms with E-state index in [1.54, 1.807) is 0 Å². The SMILES string of the molecule is CCc1ccc([Si]Cl)c(CC)c1CC. The average Bonchev–Trinajstić information content (AvgIpc) is 2.26. The lowest BCUT2D eigenvalue weighted by Gasteiger charge is -2.14. The van der Waals surface area contributed by atoms with E-state index in [0.29, 0.717) is 8.83 Å². The molecule has 0 N–H and O–H groups in total. The summed E-state index contributed by atoms with van der Waals surface area (Å²) >= 11 is 5.96. The van der Waals surface area contributed by atoms with Gasteiger partial charge in [0, 0.05) is 0 Å². The largest absolute Gasteiger partial charge is 0.210 e. The van der Waals surface area contributed by atoms with Gasteiger partial charge in [-0.05, 0) is 41.1 Å². The van der Waals surface area contributed by atoms with Crippen molar-refractivity contribution in [2.75, 3.05) is 0 Å². The van der Waals surface area contributed by atoms with E-state index in [4.69, 9.17) is 11.1 Å². The Labute approximate surface area is 94.2 Å². The van der Waals surface area contributed by atoms with Gasteiger partial charge in [0.15, 0.2) is 0 Å². The van der Waals surface area contributed by atoms with Crippen LogP contribution in [-0.4, -0.2) is 8.83 Å². The Balaban J connectivity index is 3.28. The molecule has 0 nitrogen and oxygen atoms in total. The van der Waals surface area contributed by atoms with Gasteiger partial charge < -0.3 is 0 Å². The minimum absolute atomic E-state index is 0.405. The van der Waals surface area contributed by atoms with Crippen LogP contribution in [0.25, 0.3) is 0 Å². The number of aryl methyl sites for hydroxylation is 1. The lowest BCUT2D eigenvalue weighted by atomic mass is 9.95. The maximum Gasteiger partial charge on any atom is 0.210 e. The summed E-state index contributed by atoms with van der Waals surface area (Å²) in [6.07, 6.45) is 3.36. The molecule has 14 heavy (non-hydrogen) atoms. The molecule has 2 heteroatoms. The van der Waals surface area contributed by atoms with Crippen LogP contribution in [0.2, 0.25) is 0 Å². The smallest absolute Gasteiger partial charge is 0.165 e. The summed E-state index contributed by atoms with van der Waals surface area (Å²) in [6, 6.07) is 4.44. The zero-order valence-electron chi connectivity index (χ0n) is 9.15. The standard InChI is InChI=1S/C12H17ClSi/c1-4-9-7-8-12(14-13)11(6-3)10(9)5-2/h7-8H,4-6H2,1-3H3. The Morgan fingerprint density at radius 2 is 1.64 bits per heavy atom. The van der Waals surface area contributed by atoms with Gasteiger partial charge in [-0.15, -0.1) is 0 Å². The van der Waals surface area contributed by atoms with Crippen molar-refractivity contribution in [2.45, 2.75) is 40.0 Å². The van der Waals surface area contributed by atoms with Crippen molar-refractivity contribution in [3.63, 3.8) is 0 Å². The minimum Gasteiger partial charge on any atom is -0.165 e. The van der Waals surface area contributed by atoms with Crippen LogP contribution in [0.15, 0.2) is 12.1 Å². The molecule has 0 spiro atoms. The fraction of sp³-hybridized carbons (Fsp3) is 0.500. The first kappa shape index (κ1) is 11.8. The molecule has 0 amide bonds. The first-order chi connectivity index (χ1) is 6.78. The van der Waals surface area contributed by atoms with Gasteiger partial charge in [0.2, 0.25) is 8.83 Å². The molecule has 1 aromatic carbocycles. The van der Waals surface area contributed by atoms with Crippen LogP contribution in [-0.2, 0) is 19.3 Å². The predicted octanol–water partition coefficient (Wildman–Crippen LogP) is 2.86. The number of rotatable bonds is 4. The molecule has 1 aromatic rings. The third-order valence-electron chi connectivity index (χ3n) is 2.72. The Morgan fingerprint density at radius 3 is 2.07 bits per heavy atom. The van der Waals surface area contributed by atoms with Crippen molar-refractivity contribution in [1.29, 1.82) is 0 Å². The number of hydrogen-bond acceptors (Lipinski definition) is 0. The third-order valence-corrected chi connectivity index (χ3v) is 4.00. The lowest BCUT2D eigenvalue weighted by Crippen LogP contribution is -2.18. The summed E-state index contributed by atoms with van der Waals surface area (Å²) in [4.78, 5) is 0. The monoisotopic (exact) mass is 224 g/mol. The van der Waals surface area contributed by atoms with E-state index < -0.39 is 0 Å². The van der Waals surface area contributed by atoms with Crippen molar-refractivity contribution in [1.82, 2.24) is 0 Å². The van der Waals surface area contributed by atoms with Crippen LogP contribution < -0.4 is 5.19 Å². The van der Waals surface area contributed by atoms with Crippen molar-refractivity contribution < 1.29 is 0 Å². The zero-order chi connectivity index (χ0) is 10.6. The van der Waals surface area contributed by atoms with Crippen LogP contribution in [0.1, 0.15) is 37.5 Å². The predicted molar refractivity (Wildman–Crippen MR) is 65.8 cm³/mol. The normalized spacial score (nSPS) is 10.6. The average molecular weight is 225 g/mol. The second-order valence-corrected chi connectivity index (χ2v) is 4.68. The minimum atomic E-state index is 0.405. The molecule has 1 rings (SSSR count). The number of benzene rings is 1. The van der Waals surface area contributed by atoms with Gasteiger partial charge in [0.1, 0.15) is 0 Å². The first-order valence-electron chi connectivity index (χ1n) is 5.28. The molecule has 0 unspecified atom stereocenters. The molecule has 2 radical (unpaired) electrons. The molecule has 0 fully saturated rings. The summed E-state index contributed by atoms with van der Waals surface area (Å²) in [5, 5.41) is 1.34. The maximum absolute atomic E-state index is 5.96. The van der Waals surface area contributed by atoms with Crippen molar-refractivity contribution in [3.05, 3.63) is 28.8 Å². The summed E-state index contributed by atoms with van der Waals surface area (Å²) in [5.41, 5.74) is 4.50. The van der Waals surface area contributed by atoms with E-state index in [1.807, 2.05) is 0 Å². The highest BCUT2D eigenvalue weighted by atomic mass is 35.6. The van der Waals surface area contributed by atoms with E-state index in [-0.39, 0.29) is 0 Å². The highest BCUT2D eigenvalue weighted by molar-refractivity contribution is 7.01. The van der Waals surface area contributed by atoms with Gasteiger partial charge in [-0.25, -0.2) is 0 Å². The Kier molecular flexibility index (Phi) is 4.69. The highest BCUT2D eigenvalue weighted by Crippen LogP contribution is 2.15. The van der Waals surface area contributed by atoms with E-state index in [2.05, 4.69) is 32.9 Å². The molecule has 76 valence electrons. The fourth-order valence-corrected chi connectivity index (χ4v) is 3.12. The highest BCUT2D eigenvalue weighted by Gasteiger charge is 2.09. The van der Waals surface area contributed by atoms with Gasteiger partial charge in [0.25, 0.3) is 0 Å². The fourth-order valence-electron chi connectivity index (χ4n) is 2.01. The second kappa shape index (κ2) is 5.57. The number of hydrogen-bond donors (Lipinski definition) is 0. The van der Waals surface area contributed by atoms with Crippen LogP contribution >= 0.6 is 11.1 Å². The summed E-state index contributed by atoms with van der Waals surface area (Å²) in [7, 11) is 0.405. The van der Waals surface area contributed by atoms with Gasteiger partial charge in [-0.2, -0.15) is 11.1 Å². The molecule has 0 aliphatic carbocycles. The van der Waals surface area contributed by atoms with Crippen LogP contribution in [0, 0.1) is 0 Å². The van der Waals surface area contributed by atoms with E-state index in [0.717, 1.165) is 19.3 Å². The molecule has 0 saturated heterocycles. The van der Waals surface area contributed by atoms with Crippen LogP contribution in [0.5, 0.6) is 0 Å².